The minimum absolute atomic E-state index is 0.00300. The molecular formula is C34H48N4O2. The van der Waals surface area contributed by atoms with Gasteiger partial charge in [-0.15, -0.1) is 0 Å². The number of nitrogen functional groups attached to an aromatic ring is 1. The number of phenolic OH excluding ortho intramolecular Hbond substituents is 1. The number of hydrogen-bond donors (Lipinski definition) is 2. The van der Waals surface area contributed by atoms with Crippen LogP contribution in [-0.2, 0) is 23.1 Å². The highest BCUT2D eigenvalue weighted by Crippen LogP contribution is 2.35. The highest BCUT2D eigenvalue weighted by Gasteiger charge is 2.23. The lowest BCUT2D eigenvalue weighted by Gasteiger charge is -2.26. The summed E-state index contributed by atoms with van der Waals surface area (Å²) in [5.74, 6) is 2.56. The minimum atomic E-state index is -0.00300. The molecule has 2 aromatic heterocycles. The Bertz CT molecular complexity index is 1440. The molecule has 0 atom stereocenters. The second-order valence-corrected chi connectivity index (χ2v) is 12.4. The van der Waals surface area contributed by atoms with Crippen LogP contribution in [0.2, 0.25) is 0 Å². The fourth-order valence-corrected chi connectivity index (χ4v) is 5.53. The van der Waals surface area contributed by atoms with Gasteiger partial charge >= 0.3 is 0 Å². The van der Waals surface area contributed by atoms with Crippen molar-refractivity contribution in [1.29, 1.82) is 0 Å². The third-order valence-electron chi connectivity index (χ3n) is 8.08. The average molecular weight is 545 g/mol. The van der Waals surface area contributed by atoms with Crippen LogP contribution in [0.3, 0.4) is 0 Å². The predicted octanol–water partition coefficient (Wildman–Crippen LogP) is 8.08. The molecule has 0 spiro atoms. The van der Waals surface area contributed by atoms with E-state index in [1.165, 1.54) is 12.0 Å². The molecule has 6 heteroatoms. The van der Waals surface area contributed by atoms with E-state index in [1.807, 2.05) is 19.1 Å². The van der Waals surface area contributed by atoms with Crippen molar-refractivity contribution < 1.29 is 9.84 Å². The maximum Gasteiger partial charge on any atom is 0.152 e. The normalized spacial score (nSPS) is 12.3. The number of anilines is 1. The molecule has 4 rings (SSSR count). The third kappa shape index (κ3) is 6.95. The number of nitrogens with zero attached hydrogens (tertiary/aromatic N) is 3. The summed E-state index contributed by atoms with van der Waals surface area (Å²) in [5, 5.41) is 11.1. The molecule has 4 aromatic rings. The van der Waals surface area contributed by atoms with Gasteiger partial charge in [-0.1, -0.05) is 65.3 Å². The largest absolute Gasteiger partial charge is 0.508 e. The topological polar surface area (TPSA) is 86.2 Å². The zero-order valence-corrected chi connectivity index (χ0v) is 25.4. The molecule has 2 aromatic carbocycles. The first-order valence-corrected chi connectivity index (χ1v) is 15.1. The van der Waals surface area contributed by atoms with Crippen molar-refractivity contribution in [3.05, 3.63) is 58.9 Å². The number of ether oxygens (including phenoxy) is 1. The van der Waals surface area contributed by atoms with E-state index >= 15 is 0 Å². The molecule has 0 aliphatic heterocycles. The number of imidazole rings is 1. The number of fused-ring (bicyclic) bond motifs is 3. The molecule has 216 valence electrons. The number of aromatic hydroxyl groups is 1. The molecule has 0 aliphatic rings. The van der Waals surface area contributed by atoms with Crippen LogP contribution in [0.4, 0.5) is 5.82 Å². The summed E-state index contributed by atoms with van der Waals surface area (Å²) in [6.45, 7) is 15.6. The Morgan fingerprint density at radius 2 is 1.80 bits per heavy atom. The van der Waals surface area contributed by atoms with Gasteiger partial charge < -0.3 is 20.1 Å². The van der Waals surface area contributed by atoms with E-state index in [0.717, 1.165) is 96.5 Å². The first-order chi connectivity index (χ1) is 19.1. The van der Waals surface area contributed by atoms with Gasteiger partial charge in [0.15, 0.2) is 5.82 Å². The first-order valence-electron chi connectivity index (χ1n) is 15.1. The SMILES string of the molecule is CCCCc1nc2c(N)nc3cc(C(C)(C)CCCOCCCC(C)C)ccc3c2n1Cc1ccc(O)c(C)c1. The van der Waals surface area contributed by atoms with Gasteiger partial charge in [0.05, 0.1) is 11.0 Å². The molecule has 0 bridgehead atoms. The number of benzene rings is 2. The van der Waals surface area contributed by atoms with Crippen molar-refractivity contribution in [2.24, 2.45) is 5.92 Å². The van der Waals surface area contributed by atoms with Gasteiger partial charge in [-0.2, -0.15) is 0 Å². The van der Waals surface area contributed by atoms with Crippen LogP contribution in [0.15, 0.2) is 36.4 Å². The van der Waals surface area contributed by atoms with E-state index in [9.17, 15) is 5.11 Å². The Morgan fingerprint density at radius 3 is 2.52 bits per heavy atom. The standard InChI is InChI=1S/C34H48N4O2/c1-7-8-12-30-37-31-32(38(30)22-25-13-16-29(39)24(4)20-25)27-15-14-26(21-28(27)36-33(31)35)34(5,6)17-10-19-40-18-9-11-23(2)3/h13-16,20-21,23,39H,7-12,17-19,22H2,1-6H3,(H2,35,36). The monoisotopic (exact) mass is 544 g/mol. The van der Waals surface area contributed by atoms with Crippen molar-refractivity contribution in [3.8, 4) is 5.75 Å². The van der Waals surface area contributed by atoms with Crippen molar-refractivity contribution in [1.82, 2.24) is 14.5 Å². The summed E-state index contributed by atoms with van der Waals surface area (Å²) < 4.78 is 8.21. The van der Waals surface area contributed by atoms with Crippen LogP contribution in [0, 0.1) is 12.8 Å². The van der Waals surface area contributed by atoms with E-state index in [2.05, 4.69) is 57.4 Å². The lowest BCUT2D eigenvalue weighted by atomic mass is 9.80. The lowest BCUT2D eigenvalue weighted by molar-refractivity contribution is 0.120. The number of unbranched alkanes of at least 4 members (excludes halogenated alkanes) is 1. The molecule has 40 heavy (non-hydrogen) atoms. The zero-order valence-electron chi connectivity index (χ0n) is 25.4. The summed E-state index contributed by atoms with van der Waals surface area (Å²) in [6, 6.07) is 12.5. The second-order valence-electron chi connectivity index (χ2n) is 12.4. The van der Waals surface area contributed by atoms with Gasteiger partial charge in [0.2, 0.25) is 0 Å². The maximum atomic E-state index is 10.1. The van der Waals surface area contributed by atoms with Crippen molar-refractivity contribution in [3.63, 3.8) is 0 Å². The van der Waals surface area contributed by atoms with E-state index in [4.69, 9.17) is 20.4 Å². The Kier molecular flexibility index (Phi) is 9.72. The van der Waals surface area contributed by atoms with Crippen molar-refractivity contribution in [2.75, 3.05) is 18.9 Å². The molecule has 6 nitrogen and oxygen atoms in total. The Hall–Kier alpha value is -3.12. The van der Waals surface area contributed by atoms with Gasteiger partial charge in [-0.05, 0) is 79.2 Å². The van der Waals surface area contributed by atoms with E-state index in [-0.39, 0.29) is 5.41 Å². The van der Waals surface area contributed by atoms with Crippen LogP contribution < -0.4 is 5.73 Å². The van der Waals surface area contributed by atoms with Gasteiger partial charge in [0.1, 0.15) is 17.1 Å². The molecule has 0 radical (unpaired) electrons. The molecule has 2 heterocycles. The number of pyridine rings is 1. The summed E-state index contributed by atoms with van der Waals surface area (Å²) in [4.78, 5) is 9.83. The van der Waals surface area contributed by atoms with Crippen molar-refractivity contribution >= 4 is 27.8 Å². The third-order valence-corrected chi connectivity index (χ3v) is 8.08. The van der Waals surface area contributed by atoms with Gasteiger partial charge in [-0.25, -0.2) is 9.97 Å². The molecule has 0 fully saturated rings. The summed E-state index contributed by atoms with van der Waals surface area (Å²) in [6.07, 6.45) is 7.46. The predicted molar refractivity (Wildman–Crippen MR) is 167 cm³/mol. The number of rotatable bonds is 14. The number of aromatic nitrogens is 3. The van der Waals surface area contributed by atoms with Crippen LogP contribution in [-0.4, -0.2) is 32.9 Å². The Balaban J connectivity index is 1.63. The Labute approximate surface area is 240 Å². The van der Waals surface area contributed by atoms with Crippen LogP contribution >= 0.6 is 0 Å². The molecule has 0 saturated heterocycles. The zero-order chi connectivity index (χ0) is 28.9. The highest BCUT2D eigenvalue weighted by atomic mass is 16.5. The minimum Gasteiger partial charge on any atom is -0.508 e. The number of phenols is 1. The average Bonchev–Trinajstić information content (AvgIpc) is 3.27. The number of hydrogen-bond acceptors (Lipinski definition) is 5. The summed E-state index contributed by atoms with van der Waals surface area (Å²) >= 11 is 0. The van der Waals surface area contributed by atoms with Gasteiger partial charge in [-0.3, -0.25) is 0 Å². The Morgan fingerprint density at radius 1 is 1.02 bits per heavy atom. The molecule has 0 aliphatic carbocycles. The first kappa shape index (κ1) is 29.9. The van der Waals surface area contributed by atoms with Crippen molar-refractivity contribution in [2.45, 2.75) is 98.4 Å². The highest BCUT2D eigenvalue weighted by molar-refractivity contribution is 6.06. The van der Waals surface area contributed by atoms with Gasteiger partial charge in [0.25, 0.3) is 0 Å². The van der Waals surface area contributed by atoms with Crippen LogP contribution in [0.1, 0.15) is 95.7 Å². The van der Waals surface area contributed by atoms with Crippen LogP contribution in [0.5, 0.6) is 5.75 Å². The summed E-state index contributed by atoms with van der Waals surface area (Å²) in [7, 11) is 0. The fourth-order valence-electron chi connectivity index (χ4n) is 5.53. The molecule has 0 amide bonds. The van der Waals surface area contributed by atoms with E-state index in [0.29, 0.717) is 18.1 Å². The molecule has 3 N–H and O–H groups in total. The maximum absolute atomic E-state index is 10.1. The quantitative estimate of drug-likeness (QED) is 0.157. The fraction of sp³-hybridized carbons (Fsp3) is 0.529. The number of nitrogens with two attached hydrogens (primary N) is 1. The second kappa shape index (κ2) is 13.0. The van der Waals surface area contributed by atoms with Crippen LogP contribution in [0.25, 0.3) is 21.9 Å². The molecule has 0 unspecified atom stereocenters. The van der Waals surface area contributed by atoms with Gasteiger partial charge in [0, 0.05) is 31.6 Å². The van der Waals surface area contributed by atoms with E-state index < -0.39 is 0 Å². The van der Waals surface area contributed by atoms with E-state index in [1.54, 1.807) is 6.07 Å². The molecular weight excluding hydrogens is 496 g/mol. The summed E-state index contributed by atoms with van der Waals surface area (Å²) in [5.41, 5.74) is 12.5. The molecule has 0 saturated carbocycles. The number of aryl methyl sites for hydroxylation is 2. The smallest absolute Gasteiger partial charge is 0.152 e. The lowest BCUT2D eigenvalue weighted by Crippen LogP contribution is -2.18.